The lowest BCUT2D eigenvalue weighted by Gasteiger charge is -2.11. The molecule has 2 unspecified atom stereocenters. The highest BCUT2D eigenvalue weighted by atomic mass is 79.9. The van der Waals surface area contributed by atoms with Crippen LogP contribution in [0.4, 0.5) is 11.6 Å². The molecule has 0 bridgehead atoms. The summed E-state index contributed by atoms with van der Waals surface area (Å²) in [6.45, 7) is 3.32. The summed E-state index contributed by atoms with van der Waals surface area (Å²) in [5.74, 6) is 0.529. The van der Waals surface area contributed by atoms with Gasteiger partial charge in [-0.15, -0.1) is 0 Å². The van der Waals surface area contributed by atoms with Crippen molar-refractivity contribution in [3.63, 3.8) is 0 Å². The molecule has 1 fully saturated rings. The van der Waals surface area contributed by atoms with Gasteiger partial charge in [0.25, 0.3) is 0 Å². The molecule has 1 aliphatic heterocycles. The van der Waals surface area contributed by atoms with E-state index < -0.39 is 11.0 Å². The van der Waals surface area contributed by atoms with Gasteiger partial charge in [0.15, 0.2) is 0 Å². The quantitative estimate of drug-likeness (QED) is 0.764. The van der Waals surface area contributed by atoms with Crippen LogP contribution in [0.1, 0.15) is 18.5 Å². The van der Waals surface area contributed by atoms with E-state index in [4.69, 9.17) is 4.74 Å². The summed E-state index contributed by atoms with van der Waals surface area (Å²) in [5.41, 5.74) is 1.71. The molecule has 6 nitrogen and oxygen atoms in total. The number of hydrogen-bond acceptors (Lipinski definition) is 5. The average molecular weight is 411 g/mol. The van der Waals surface area contributed by atoms with E-state index in [1.54, 1.807) is 6.20 Å². The van der Waals surface area contributed by atoms with E-state index >= 15 is 0 Å². The molecule has 0 radical (unpaired) electrons. The Hall–Kier alpha value is -1.35. The van der Waals surface area contributed by atoms with Crippen molar-refractivity contribution in [2.75, 3.05) is 18.5 Å². The summed E-state index contributed by atoms with van der Waals surface area (Å²) in [4.78, 5) is 9.28. The fraction of sp³-hybridized carbons (Fsp3) is 0.375. The zero-order chi connectivity index (χ0) is 16.9. The second-order valence-corrected chi connectivity index (χ2v) is 7.68. The number of anilines is 2. The maximum absolute atomic E-state index is 12.2. The Kier molecular flexibility index (Phi) is 5.94. The zero-order valence-corrected chi connectivity index (χ0v) is 15.7. The SMILES string of the molecule is Cc1nc(Nc2ccc(S(=O)NCC3CCCO3)cc2)ncc1Br. The topological polar surface area (TPSA) is 76.1 Å². The second-order valence-electron chi connectivity index (χ2n) is 5.53. The highest BCUT2D eigenvalue weighted by Crippen LogP contribution is 2.18. The highest BCUT2D eigenvalue weighted by molar-refractivity contribution is 9.10. The second kappa shape index (κ2) is 8.15. The summed E-state index contributed by atoms with van der Waals surface area (Å²) in [6.07, 6.45) is 3.99. The van der Waals surface area contributed by atoms with E-state index in [0.29, 0.717) is 12.5 Å². The van der Waals surface area contributed by atoms with Gasteiger partial charge in [-0.3, -0.25) is 0 Å². The van der Waals surface area contributed by atoms with E-state index in [9.17, 15) is 4.21 Å². The first-order valence-corrected chi connectivity index (χ1v) is 9.69. The maximum Gasteiger partial charge on any atom is 0.227 e. The third-order valence-electron chi connectivity index (χ3n) is 3.71. The summed E-state index contributed by atoms with van der Waals surface area (Å²) < 4.78 is 21.7. The lowest BCUT2D eigenvalue weighted by molar-refractivity contribution is 0.115. The van der Waals surface area contributed by atoms with Crippen molar-refractivity contribution in [1.29, 1.82) is 0 Å². The standard InChI is InChI=1S/C16H19BrN4O2S/c1-11-15(17)10-18-16(20-11)21-12-4-6-14(7-5-12)24(22)19-9-13-3-2-8-23-13/h4-7,10,13,19H,2-3,8-9H2,1H3,(H,18,20,21). The highest BCUT2D eigenvalue weighted by Gasteiger charge is 2.16. The molecule has 2 aromatic rings. The number of rotatable bonds is 6. The summed E-state index contributed by atoms with van der Waals surface area (Å²) in [5, 5.41) is 3.13. The van der Waals surface area contributed by atoms with Gasteiger partial charge >= 0.3 is 0 Å². The van der Waals surface area contributed by atoms with E-state index in [-0.39, 0.29) is 6.10 Å². The summed E-state index contributed by atoms with van der Waals surface area (Å²) in [7, 11) is -1.24. The van der Waals surface area contributed by atoms with Crippen molar-refractivity contribution in [3.05, 3.63) is 40.6 Å². The molecule has 0 saturated carbocycles. The number of benzene rings is 1. The molecular formula is C16H19BrN4O2S. The molecule has 1 aliphatic rings. The largest absolute Gasteiger partial charge is 0.377 e. The Morgan fingerprint density at radius 2 is 2.17 bits per heavy atom. The van der Waals surface area contributed by atoms with Gasteiger partial charge in [0.05, 0.1) is 21.2 Å². The van der Waals surface area contributed by atoms with Crippen molar-refractivity contribution in [1.82, 2.24) is 14.7 Å². The van der Waals surface area contributed by atoms with Gasteiger partial charge in [0.1, 0.15) is 11.0 Å². The normalized spacial score (nSPS) is 18.5. The van der Waals surface area contributed by atoms with Crippen molar-refractivity contribution >= 4 is 38.6 Å². The molecule has 3 rings (SSSR count). The van der Waals surface area contributed by atoms with E-state index in [2.05, 4.69) is 35.9 Å². The van der Waals surface area contributed by atoms with Crippen LogP contribution in [0.3, 0.4) is 0 Å². The van der Waals surface area contributed by atoms with Gasteiger partial charge in [0, 0.05) is 25.0 Å². The predicted octanol–water partition coefficient (Wildman–Crippen LogP) is 3.08. The molecule has 2 N–H and O–H groups in total. The molecule has 8 heteroatoms. The smallest absolute Gasteiger partial charge is 0.227 e. The molecule has 0 aliphatic carbocycles. The van der Waals surface area contributed by atoms with Gasteiger partial charge in [-0.05, 0) is 60.0 Å². The molecule has 0 spiro atoms. The Morgan fingerprint density at radius 3 is 2.83 bits per heavy atom. The van der Waals surface area contributed by atoms with Gasteiger partial charge in [-0.2, -0.15) is 0 Å². The fourth-order valence-corrected chi connectivity index (χ4v) is 3.44. The number of aryl methyl sites for hydroxylation is 1. The lowest BCUT2D eigenvalue weighted by atomic mass is 10.2. The van der Waals surface area contributed by atoms with Crippen LogP contribution in [0, 0.1) is 6.92 Å². The lowest BCUT2D eigenvalue weighted by Crippen LogP contribution is -2.27. The first-order chi connectivity index (χ1) is 11.6. The van der Waals surface area contributed by atoms with Crippen LogP contribution >= 0.6 is 15.9 Å². The van der Waals surface area contributed by atoms with Crippen molar-refractivity contribution in [3.8, 4) is 0 Å². The molecule has 1 aromatic heterocycles. The first-order valence-electron chi connectivity index (χ1n) is 7.75. The Morgan fingerprint density at radius 1 is 1.38 bits per heavy atom. The van der Waals surface area contributed by atoms with Crippen molar-refractivity contribution < 1.29 is 8.95 Å². The Balaban J connectivity index is 1.57. The van der Waals surface area contributed by atoms with Gasteiger partial charge in [0.2, 0.25) is 5.95 Å². The number of hydrogen-bond donors (Lipinski definition) is 2. The molecular weight excluding hydrogens is 392 g/mol. The third kappa shape index (κ3) is 4.60. The zero-order valence-electron chi connectivity index (χ0n) is 13.3. The van der Waals surface area contributed by atoms with Crippen LogP contribution in [0.5, 0.6) is 0 Å². The average Bonchev–Trinajstić information content (AvgIpc) is 3.10. The maximum atomic E-state index is 12.2. The minimum absolute atomic E-state index is 0.174. The molecule has 0 amide bonds. The van der Waals surface area contributed by atoms with Crippen LogP contribution in [0.2, 0.25) is 0 Å². The molecule has 1 aromatic carbocycles. The fourth-order valence-electron chi connectivity index (χ4n) is 2.36. The third-order valence-corrected chi connectivity index (χ3v) is 5.62. The van der Waals surface area contributed by atoms with E-state index in [1.165, 1.54) is 0 Å². The Labute approximate surface area is 152 Å². The molecule has 2 heterocycles. The predicted molar refractivity (Wildman–Crippen MR) is 97.6 cm³/mol. The van der Waals surface area contributed by atoms with Crippen molar-refractivity contribution in [2.24, 2.45) is 0 Å². The van der Waals surface area contributed by atoms with E-state index in [0.717, 1.165) is 40.2 Å². The van der Waals surface area contributed by atoms with Crippen LogP contribution in [0.15, 0.2) is 39.8 Å². The summed E-state index contributed by atoms with van der Waals surface area (Å²) in [6, 6.07) is 7.38. The summed E-state index contributed by atoms with van der Waals surface area (Å²) >= 11 is 3.38. The minimum atomic E-state index is -1.24. The van der Waals surface area contributed by atoms with Gasteiger partial charge < -0.3 is 10.1 Å². The van der Waals surface area contributed by atoms with Gasteiger partial charge in [-0.1, -0.05) is 0 Å². The number of aromatic nitrogens is 2. The molecule has 128 valence electrons. The number of halogens is 1. The van der Waals surface area contributed by atoms with Crippen LogP contribution in [-0.4, -0.2) is 33.4 Å². The molecule has 1 saturated heterocycles. The van der Waals surface area contributed by atoms with Crippen LogP contribution in [0.25, 0.3) is 0 Å². The minimum Gasteiger partial charge on any atom is -0.377 e. The number of nitrogens with one attached hydrogen (secondary N) is 2. The Bertz CT molecular complexity index is 721. The van der Waals surface area contributed by atoms with Crippen LogP contribution < -0.4 is 10.0 Å². The molecule has 2 atom stereocenters. The number of ether oxygens (including phenoxy) is 1. The van der Waals surface area contributed by atoms with E-state index in [1.807, 2.05) is 31.2 Å². The van der Waals surface area contributed by atoms with Crippen LogP contribution in [-0.2, 0) is 15.7 Å². The number of nitrogens with zero attached hydrogens (tertiary/aromatic N) is 2. The monoisotopic (exact) mass is 410 g/mol. The van der Waals surface area contributed by atoms with Crippen molar-refractivity contribution in [2.45, 2.75) is 30.8 Å². The van der Waals surface area contributed by atoms with Gasteiger partial charge in [-0.25, -0.2) is 18.9 Å². The first kappa shape index (κ1) is 17.5. The molecule has 24 heavy (non-hydrogen) atoms.